The molecular formula is C21H27N3O2S. The summed E-state index contributed by atoms with van der Waals surface area (Å²) < 4.78 is 27.9. The van der Waals surface area contributed by atoms with Gasteiger partial charge in [0.25, 0.3) is 0 Å². The SMILES string of the molecule is Cc1ccc(S(=O)(=O)N2CCC[C@H]2c2ccc(NC3CCCC3)nc2)cc1. The van der Waals surface area contributed by atoms with Crippen molar-refractivity contribution in [2.75, 3.05) is 11.9 Å². The highest BCUT2D eigenvalue weighted by Crippen LogP contribution is 2.36. The molecule has 1 aromatic carbocycles. The Bertz CT molecular complexity index is 873. The molecule has 1 N–H and O–H groups in total. The molecule has 1 aliphatic carbocycles. The Kier molecular flexibility index (Phi) is 5.19. The zero-order chi connectivity index (χ0) is 18.9. The van der Waals surface area contributed by atoms with Gasteiger partial charge in [-0.05, 0) is 56.4 Å². The molecule has 0 unspecified atom stereocenters. The molecule has 2 aliphatic rings. The van der Waals surface area contributed by atoms with Crippen LogP contribution in [0.1, 0.15) is 55.7 Å². The van der Waals surface area contributed by atoms with Gasteiger partial charge in [-0.2, -0.15) is 4.31 Å². The minimum Gasteiger partial charge on any atom is -0.367 e. The van der Waals surface area contributed by atoms with Crippen LogP contribution < -0.4 is 5.32 Å². The van der Waals surface area contributed by atoms with Crippen LogP contribution in [0.3, 0.4) is 0 Å². The summed E-state index contributed by atoms with van der Waals surface area (Å²) in [5.41, 5.74) is 2.03. The second-order valence-electron chi connectivity index (χ2n) is 7.69. The first-order chi connectivity index (χ1) is 13.0. The molecular weight excluding hydrogens is 358 g/mol. The van der Waals surface area contributed by atoms with Crippen LogP contribution in [-0.4, -0.2) is 30.3 Å². The van der Waals surface area contributed by atoms with E-state index in [9.17, 15) is 8.42 Å². The normalized spacial score (nSPS) is 21.6. The van der Waals surface area contributed by atoms with E-state index in [1.165, 1.54) is 25.7 Å². The Morgan fingerprint density at radius 1 is 1.00 bits per heavy atom. The molecule has 2 aromatic rings. The number of pyridine rings is 1. The molecule has 1 saturated heterocycles. The van der Waals surface area contributed by atoms with Crippen molar-refractivity contribution >= 4 is 15.8 Å². The molecule has 4 rings (SSSR count). The highest BCUT2D eigenvalue weighted by Gasteiger charge is 2.36. The third-order valence-electron chi connectivity index (χ3n) is 5.71. The van der Waals surface area contributed by atoms with Gasteiger partial charge >= 0.3 is 0 Å². The summed E-state index contributed by atoms with van der Waals surface area (Å²) in [5, 5.41) is 3.49. The lowest BCUT2D eigenvalue weighted by Gasteiger charge is -2.24. The van der Waals surface area contributed by atoms with Crippen molar-refractivity contribution in [3.63, 3.8) is 0 Å². The fourth-order valence-electron chi connectivity index (χ4n) is 4.17. The van der Waals surface area contributed by atoms with E-state index >= 15 is 0 Å². The van der Waals surface area contributed by atoms with Crippen molar-refractivity contribution in [3.05, 3.63) is 53.7 Å². The van der Waals surface area contributed by atoms with E-state index in [0.29, 0.717) is 17.5 Å². The number of sulfonamides is 1. The van der Waals surface area contributed by atoms with E-state index < -0.39 is 10.0 Å². The summed E-state index contributed by atoms with van der Waals surface area (Å²) in [6, 6.07) is 11.5. The second kappa shape index (κ2) is 7.60. The standard InChI is InChI=1S/C21H27N3O2S/c1-16-8-11-19(12-9-16)27(25,26)24-14-4-7-20(24)17-10-13-21(22-15-17)23-18-5-2-3-6-18/h8-13,15,18,20H,2-7,14H2,1H3,(H,22,23)/t20-/m0/s1. The number of anilines is 1. The average Bonchev–Trinajstić information content (AvgIpc) is 3.35. The van der Waals surface area contributed by atoms with E-state index in [4.69, 9.17) is 0 Å². The largest absolute Gasteiger partial charge is 0.367 e. The number of rotatable bonds is 5. The third kappa shape index (κ3) is 3.87. The minimum absolute atomic E-state index is 0.135. The third-order valence-corrected chi connectivity index (χ3v) is 7.63. The molecule has 2 heterocycles. The molecule has 6 heteroatoms. The van der Waals surface area contributed by atoms with Crippen molar-refractivity contribution in [2.45, 2.75) is 62.4 Å². The molecule has 1 aromatic heterocycles. The fourth-order valence-corrected chi connectivity index (χ4v) is 5.86. The number of aromatic nitrogens is 1. The topological polar surface area (TPSA) is 62.3 Å². The van der Waals surface area contributed by atoms with Crippen LogP contribution in [0.15, 0.2) is 47.5 Å². The van der Waals surface area contributed by atoms with Gasteiger partial charge in [0, 0.05) is 18.8 Å². The summed E-state index contributed by atoms with van der Waals surface area (Å²) in [6.45, 7) is 2.52. The van der Waals surface area contributed by atoms with Gasteiger partial charge in [-0.1, -0.05) is 36.6 Å². The molecule has 2 fully saturated rings. The number of hydrogen-bond acceptors (Lipinski definition) is 4. The number of nitrogens with zero attached hydrogens (tertiary/aromatic N) is 2. The van der Waals surface area contributed by atoms with Gasteiger partial charge in [0.1, 0.15) is 5.82 Å². The van der Waals surface area contributed by atoms with E-state index in [0.717, 1.165) is 29.8 Å². The van der Waals surface area contributed by atoms with Gasteiger partial charge in [-0.15, -0.1) is 0 Å². The van der Waals surface area contributed by atoms with E-state index in [1.54, 1.807) is 16.4 Å². The van der Waals surface area contributed by atoms with Gasteiger partial charge in [0.15, 0.2) is 0 Å². The van der Waals surface area contributed by atoms with Crippen molar-refractivity contribution in [1.29, 1.82) is 0 Å². The predicted octanol–water partition coefficient (Wildman–Crippen LogP) is 4.27. The average molecular weight is 386 g/mol. The molecule has 1 atom stereocenters. The van der Waals surface area contributed by atoms with Crippen LogP contribution in [-0.2, 0) is 10.0 Å². The Morgan fingerprint density at radius 2 is 1.74 bits per heavy atom. The maximum atomic E-state index is 13.1. The van der Waals surface area contributed by atoms with Gasteiger partial charge < -0.3 is 5.32 Å². The highest BCUT2D eigenvalue weighted by atomic mass is 32.2. The van der Waals surface area contributed by atoms with Gasteiger partial charge in [-0.3, -0.25) is 0 Å². The van der Waals surface area contributed by atoms with Gasteiger partial charge in [0.05, 0.1) is 10.9 Å². The predicted molar refractivity (Wildman–Crippen MR) is 107 cm³/mol. The summed E-state index contributed by atoms with van der Waals surface area (Å²) in [5.74, 6) is 0.886. The molecule has 0 bridgehead atoms. The Balaban J connectivity index is 1.53. The summed E-state index contributed by atoms with van der Waals surface area (Å²) >= 11 is 0. The molecule has 27 heavy (non-hydrogen) atoms. The van der Waals surface area contributed by atoms with Crippen molar-refractivity contribution in [1.82, 2.24) is 9.29 Å². The van der Waals surface area contributed by atoms with Gasteiger partial charge in [-0.25, -0.2) is 13.4 Å². The Morgan fingerprint density at radius 3 is 2.41 bits per heavy atom. The maximum Gasteiger partial charge on any atom is 0.243 e. The van der Waals surface area contributed by atoms with Gasteiger partial charge in [0.2, 0.25) is 10.0 Å². The lowest BCUT2D eigenvalue weighted by Crippen LogP contribution is -2.30. The van der Waals surface area contributed by atoms with Crippen LogP contribution in [0.2, 0.25) is 0 Å². The van der Waals surface area contributed by atoms with Crippen LogP contribution in [0, 0.1) is 6.92 Å². The lowest BCUT2D eigenvalue weighted by atomic mass is 10.1. The molecule has 0 radical (unpaired) electrons. The van der Waals surface area contributed by atoms with Crippen molar-refractivity contribution in [3.8, 4) is 0 Å². The second-order valence-corrected chi connectivity index (χ2v) is 9.58. The van der Waals surface area contributed by atoms with E-state index in [-0.39, 0.29) is 6.04 Å². The Hall–Kier alpha value is -1.92. The first-order valence-electron chi connectivity index (χ1n) is 9.85. The van der Waals surface area contributed by atoms with Crippen LogP contribution in [0.4, 0.5) is 5.82 Å². The Labute approximate surface area is 161 Å². The smallest absolute Gasteiger partial charge is 0.243 e. The zero-order valence-corrected chi connectivity index (χ0v) is 16.6. The van der Waals surface area contributed by atoms with Crippen molar-refractivity contribution < 1.29 is 8.42 Å². The highest BCUT2D eigenvalue weighted by molar-refractivity contribution is 7.89. The minimum atomic E-state index is -3.49. The molecule has 0 amide bonds. The molecule has 1 saturated carbocycles. The summed E-state index contributed by atoms with van der Waals surface area (Å²) in [6.07, 6.45) is 8.52. The number of benzene rings is 1. The van der Waals surface area contributed by atoms with Crippen molar-refractivity contribution in [2.24, 2.45) is 0 Å². The van der Waals surface area contributed by atoms with E-state index in [2.05, 4.69) is 10.3 Å². The maximum absolute atomic E-state index is 13.1. The lowest BCUT2D eigenvalue weighted by molar-refractivity contribution is 0.396. The van der Waals surface area contributed by atoms with Crippen LogP contribution in [0.5, 0.6) is 0 Å². The number of hydrogen-bond donors (Lipinski definition) is 1. The summed E-state index contributed by atoms with van der Waals surface area (Å²) in [7, 11) is -3.49. The first kappa shape index (κ1) is 18.4. The zero-order valence-electron chi connectivity index (χ0n) is 15.8. The summed E-state index contributed by atoms with van der Waals surface area (Å²) in [4.78, 5) is 4.92. The molecule has 5 nitrogen and oxygen atoms in total. The quantitative estimate of drug-likeness (QED) is 0.835. The number of nitrogens with one attached hydrogen (secondary N) is 1. The molecule has 0 spiro atoms. The fraction of sp³-hybridized carbons (Fsp3) is 0.476. The van der Waals surface area contributed by atoms with Crippen LogP contribution in [0.25, 0.3) is 0 Å². The molecule has 1 aliphatic heterocycles. The number of aryl methyl sites for hydroxylation is 1. The van der Waals surface area contributed by atoms with Crippen LogP contribution >= 0.6 is 0 Å². The monoisotopic (exact) mass is 385 g/mol. The molecule has 144 valence electrons. The van der Waals surface area contributed by atoms with E-state index in [1.807, 2.05) is 37.4 Å². The first-order valence-corrected chi connectivity index (χ1v) is 11.3.